The van der Waals surface area contributed by atoms with Crippen LogP contribution in [0.3, 0.4) is 0 Å². The van der Waals surface area contributed by atoms with Gasteiger partial charge in [-0.2, -0.15) is 5.10 Å². The molecule has 12 nitrogen and oxygen atoms in total. The number of methoxy groups -OCH3 is 1. The number of aromatic hydroxyl groups is 1. The Morgan fingerprint density at radius 3 is 2.89 bits per heavy atom. The number of hydrazone groups is 1. The fraction of sp³-hybridized carbons (Fsp3) is 0.143. The summed E-state index contributed by atoms with van der Waals surface area (Å²) >= 11 is 7.42. The second-order valence-corrected chi connectivity index (χ2v) is 11.2. The highest BCUT2D eigenvalue weighted by Crippen LogP contribution is 2.29. The molecule has 0 radical (unpaired) electrons. The number of hydrogen-bond acceptors (Lipinski definition) is 13. The van der Waals surface area contributed by atoms with E-state index in [0.717, 1.165) is 31.9 Å². The molecule has 2 aromatic carbocycles. The largest absolute Gasteiger partial charge is 0.504 e. The lowest BCUT2D eigenvalue weighted by atomic mass is 10.2. The van der Waals surface area contributed by atoms with Crippen molar-refractivity contribution in [2.75, 3.05) is 29.4 Å². The van der Waals surface area contributed by atoms with Gasteiger partial charge in [0.05, 0.1) is 19.1 Å². The average molecular weight is 623 g/mol. The monoisotopic (exact) mass is 621 g/mol. The zero-order valence-electron chi connectivity index (χ0n) is 19.2. The Kier molecular flexibility index (Phi) is 9.21. The number of carbonyl (C=O) groups excluding carboxylic acids is 1. The number of aromatic nitrogens is 5. The Morgan fingerprint density at radius 1 is 1.24 bits per heavy atom. The highest BCUT2D eigenvalue weighted by atomic mass is 79.9. The molecule has 0 aliphatic heterocycles. The molecule has 0 unspecified atom stereocenters. The van der Waals surface area contributed by atoms with Crippen LogP contribution in [0, 0.1) is 0 Å². The third-order valence-corrected chi connectivity index (χ3v) is 7.96. The zero-order valence-corrected chi connectivity index (χ0v) is 23.2. The van der Waals surface area contributed by atoms with Crippen LogP contribution in [-0.2, 0) is 10.5 Å². The number of thioether (sulfide) groups is 2. The van der Waals surface area contributed by atoms with E-state index in [2.05, 4.69) is 52.2 Å². The van der Waals surface area contributed by atoms with Crippen LogP contribution >= 0.6 is 50.8 Å². The molecular formula is C21H20BrN9O3S3. The van der Waals surface area contributed by atoms with Crippen molar-refractivity contribution in [1.29, 1.82) is 0 Å². The predicted molar refractivity (Wildman–Crippen MR) is 149 cm³/mol. The van der Waals surface area contributed by atoms with E-state index in [1.807, 2.05) is 24.3 Å². The molecule has 0 atom stereocenters. The molecule has 5 N–H and O–H groups in total. The molecule has 37 heavy (non-hydrogen) atoms. The quantitative estimate of drug-likeness (QED) is 0.0632. The van der Waals surface area contributed by atoms with Gasteiger partial charge in [-0.25, -0.2) is 10.1 Å². The van der Waals surface area contributed by atoms with Gasteiger partial charge in [-0.15, -0.1) is 20.4 Å². The van der Waals surface area contributed by atoms with Gasteiger partial charge < -0.3 is 15.7 Å². The summed E-state index contributed by atoms with van der Waals surface area (Å²) in [5.41, 5.74) is 4.46. The number of benzene rings is 2. The van der Waals surface area contributed by atoms with Crippen molar-refractivity contribution >= 4 is 74.0 Å². The first kappa shape index (κ1) is 26.7. The maximum absolute atomic E-state index is 12.4. The van der Waals surface area contributed by atoms with E-state index in [-0.39, 0.29) is 23.4 Å². The molecule has 1 amide bonds. The number of carbonyl (C=O) groups is 1. The van der Waals surface area contributed by atoms with Crippen molar-refractivity contribution in [3.8, 4) is 11.5 Å². The minimum atomic E-state index is -0.278. The summed E-state index contributed by atoms with van der Waals surface area (Å²) in [5.74, 6) is 7.04. The Bertz CT molecular complexity index is 1410. The van der Waals surface area contributed by atoms with Crippen LogP contribution in [0.2, 0.25) is 0 Å². The molecule has 0 fully saturated rings. The molecule has 16 heteroatoms. The van der Waals surface area contributed by atoms with E-state index in [9.17, 15) is 9.90 Å². The van der Waals surface area contributed by atoms with Gasteiger partial charge >= 0.3 is 0 Å². The van der Waals surface area contributed by atoms with Crippen molar-refractivity contribution in [3.63, 3.8) is 0 Å². The normalized spacial score (nSPS) is 11.1. The van der Waals surface area contributed by atoms with Gasteiger partial charge in [-0.05, 0) is 41.5 Å². The lowest BCUT2D eigenvalue weighted by Gasteiger charge is -2.04. The van der Waals surface area contributed by atoms with Gasteiger partial charge in [0.2, 0.25) is 16.2 Å². The number of phenolic OH excluding ortho intramolecular Hbond substituents is 1. The summed E-state index contributed by atoms with van der Waals surface area (Å²) in [5, 5.41) is 33.4. The molecule has 0 spiro atoms. The number of nitrogens with two attached hydrogens (primary N) is 1. The number of nitrogens with zero attached hydrogens (tertiary/aromatic N) is 6. The minimum Gasteiger partial charge on any atom is -0.504 e. The van der Waals surface area contributed by atoms with Crippen LogP contribution in [0.5, 0.6) is 11.5 Å². The maximum atomic E-state index is 12.4. The SMILES string of the molecule is COc1ccc(/C=N/Nc2nnc(SCC(=O)Nc3nnc(SCc4cccc(Br)c4)s3)n2N)cc1O. The summed E-state index contributed by atoms with van der Waals surface area (Å²) in [6.45, 7) is 0. The number of hydrogen-bond donors (Lipinski definition) is 4. The smallest absolute Gasteiger partial charge is 0.264 e. The topological polar surface area (TPSA) is 165 Å². The van der Waals surface area contributed by atoms with Gasteiger partial charge in [0, 0.05) is 10.2 Å². The third kappa shape index (κ3) is 7.58. The van der Waals surface area contributed by atoms with E-state index in [4.69, 9.17) is 10.6 Å². The van der Waals surface area contributed by atoms with E-state index >= 15 is 0 Å². The molecule has 0 aliphatic rings. The number of halogens is 1. The number of nitrogens with one attached hydrogen (secondary N) is 2. The molecule has 0 aliphatic carbocycles. The summed E-state index contributed by atoms with van der Waals surface area (Å²) in [6, 6.07) is 12.9. The predicted octanol–water partition coefficient (Wildman–Crippen LogP) is 3.79. The fourth-order valence-electron chi connectivity index (χ4n) is 2.78. The van der Waals surface area contributed by atoms with E-state index in [1.54, 1.807) is 23.9 Å². The Morgan fingerprint density at radius 2 is 2.11 bits per heavy atom. The number of amides is 1. The first-order valence-corrected chi connectivity index (χ1v) is 14.0. The first-order valence-electron chi connectivity index (χ1n) is 10.4. The molecule has 2 heterocycles. The molecule has 2 aromatic heterocycles. The van der Waals surface area contributed by atoms with Gasteiger partial charge in [0.15, 0.2) is 15.8 Å². The van der Waals surface area contributed by atoms with Gasteiger partial charge in [0.25, 0.3) is 5.95 Å². The zero-order chi connectivity index (χ0) is 26.2. The summed E-state index contributed by atoms with van der Waals surface area (Å²) in [4.78, 5) is 12.4. The van der Waals surface area contributed by atoms with E-state index in [1.165, 1.54) is 35.4 Å². The Labute approximate surface area is 232 Å². The van der Waals surface area contributed by atoms with Crippen molar-refractivity contribution in [3.05, 3.63) is 58.1 Å². The van der Waals surface area contributed by atoms with Crippen molar-refractivity contribution in [1.82, 2.24) is 25.1 Å². The summed E-state index contributed by atoms with van der Waals surface area (Å²) in [6.07, 6.45) is 1.47. The highest BCUT2D eigenvalue weighted by molar-refractivity contribution is 9.10. The fourth-order valence-corrected chi connectivity index (χ4v) is 5.59. The number of rotatable bonds is 11. The standard InChI is InChI=1S/C21H20BrN9O3S3/c1-34-16-6-5-12(8-15(16)32)9-24-26-18-27-29-20(31(18)23)35-11-17(33)25-19-28-30-21(37-19)36-10-13-3-2-4-14(22)7-13/h2-9,32H,10-11,23H2,1H3,(H,26,27)(H,25,28,33)/b24-9+. The van der Waals surface area contributed by atoms with Crippen LogP contribution in [-0.4, -0.2) is 55.2 Å². The average Bonchev–Trinajstić information content (AvgIpc) is 3.47. The van der Waals surface area contributed by atoms with Crippen LogP contribution < -0.4 is 21.3 Å². The molecular weight excluding hydrogens is 602 g/mol. The van der Waals surface area contributed by atoms with E-state index in [0.29, 0.717) is 21.6 Å². The van der Waals surface area contributed by atoms with Crippen LogP contribution in [0.4, 0.5) is 11.1 Å². The van der Waals surface area contributed by atoms with Crippen molar-refractivity contribution < 1.29 is 14.6 Å². The van der Waals surface area contributed by atoms with Crippen molar-refractivity contribution in [2.45, 2.75) is 15.2 Å². The van der Waals surface area contributed by atoms with Gasteiger partial charge in [0.1, 0.15) is 0 Å². The van der Waals surface area contributed by atoms with E-state index < -0.39 is 0 Å². The lowest BCUT2D eigenvalue weighted by Crippen LogP contribution is -2.16. The lowest BCUT2D eigenvalue weighted by molar-refractivity contribution is -0.113. The second-order valence-electron chi connectivity index (χ2n) is 7.11. The number of anilines is 2. The van der Waals surface area contributed by atoms with Gasteiger partial charge in [-0.1, -0.05) is 62.9 Å². The van der Waals surface area contributed by atoms with Crippen LogP contribution in [0.15, 0.2) is 61.5 Å². The number of ether oxygens (including phenoxy) is 1. The number of phenols is 1. The first-order chi connectivity index (χ1) is 17.9. The second kappa shape index (κ2) is 12.8. The van der Waals surface area contributed by atoms with Crippen LogP contribution in [0.25, 0.3) is 0 Å². The molecule has 0 saturated carbocycles. The minimum absolute atomic E-state index is 0.00510. The van der Waals surface area contributed by atoms with Crippen molar-refractivity contribution in [2.24, 2.45) is 5.10 Å². The Balaban J connectivity index is 1.24. The maximum Gasteiger partial charge on any atom is 0.264 e. The van der Waals surface area contributed by atoms with Gasteiger partial charge in [-0.3, -0.25) is 10.1 Å². The Hall–Kier alpha value is -3.34. The molecule has 192 valence electrons. The van der Waals surface area contributed by atoms with Crippen LogP contribution in [0.1, 0.15) is 11.1 Å². The molecule has 0 bridgehead atoms. The third-order valence-electron chi connectivity index (χ3n) is 4.48. The summed E-state index contributed by atoms with van der Waals surface area (Å²) in [7, 11) is 1.47. The molecule has 0 saturated heterocycles. The molecule has 4 aromatic rings. The number of nitrogen functional groups attached to an aromatic ring is 1. The highest BCUT2D eigenvalue weighted by Gasteiger charge is 2.14. The molecule has 4 rings (SSSR count). The summed E-state index contributed by atoms with van der Waals surface area (Å²) < 4.78 is 7.97.